The number of carbonyl (C=O) groups is 1. The van der Waals surface area contributed by atoms with Gasteiger partial charge in [-0.1, -0.05) is 18.2 Å². The number of rotatable bonds is 6. The zero-order chi connectivity index (χ0) is 19.6. The van der Waals surface area contributed by atoms with E-state index < -0.39 is 5.60 Å². The van der Waals surface area contributed by atoms with Gasteiger partial charge in [-0.25, -0.2) is 0 Å². The fraction of sp³-hybridized carbons (Fsp3) is 0.619. The molecule has 3 N–H and O–H groups in total. The molecule has 2 atom stereocenters. The summed E-state index contributed by atoms with van der Waals surface area (Å²) in [6.45, 7) is 8.59. The van der Waals surface area contributed by atoms with Crippen molar-refractivity contribution in [3.63, 3.8) is 0 Å². The Kier molecular flexibility index (Phi) is 5.86. The van der Waals surface area contributed by atoms with E-state index in [1.165, 1.54) is 0 Å². The number of benzene rings is 1. The molecule has 3 rings (SSSR count). The van der Waals surface area contributed by atoms with Crippen molar-refractivity contribution in [1.29, 1.82) is 0 Å². The van der Waals surface area contributed by atoms with Crippen LogP contribution in [0, 0.1) is 0 Å². The molecule has 6 nitrogen and oxygen atoms in total. The molecule has 0 aliphatic carbocycles. The van der Waals surface area contributed by atoms with E-state index in [-0.39, 0.29) is 18.0 Å². The van der Waals surface area contributed by atoms with Crippen LogP contribution >= 0.6 is 0 Å². The van der Waals surface area contributed by atoms with E-state index >= 15 is 0 Å². The van der Waals surface area contributed by atoms with E-state index in [9.17, 15) is 9.90 Å². The minimum atomic E-state index is -0.622. The van der Waals surface area contributed by atoms with Crippen LogP contribution in [0.4, 0.5) is 0 Å². The smallest absolute Gasteiger partial charge is 0.272 e. The second-order valence-corrected chi connectivity index (χ2v) is 8.61. The Balaban J connectivity index is 1.61. The summed E-state index contributed by atoms with van der Waals surface area (Å²) in [6.07, 6.45) is 3.67. The normalized spacial score (nSPS) is 21.0. The van der Waals surface area contributed by atoms with Gasteiger partial charge in [0, 0.05) is 30.1 Å². The Morgan fingerprint density at radius 2 is 2.11 bits per heavy atom. The van der Waals surface area contributed by atoms with Crippen LogP contribution in [0.1, 0.15) is 69.9 Å². The van der Waals surface area contributed by atoms with Crippen molar-refractivity contribution < 1.29 is 9.90 Å². The topological polar surface area (TPSA) is 79.2 Å². The highest BCUT2D eigenvalue weighted by Crippen LogP contribution is 2.22. The molecule has 0 saturated carbocycles. The summed E-state index contributed by atoms with van der Waals surface area (Å²) in [5.41, 5.74) is 0.873. The van der Waals surface area contributed by atoms with Gasteiger partial charge in [0.05, 0.1) is 11.1 Å². The van der Waals surface area contributed by atoms with Crippen LogP contribution in [0.2, 0.25) is 0 Å². The van der Waals surface area contributed by atoms with Gasteiger partial charge in [0.2, 0.25) is 0 Å². The van der Waals surface area contributed by atoms with Crippen LogP contribution in [-0.4, -0.2) is 45.0 Å². The van der Waals surface area contributed by atoms with Crippen molar-refractivity contribution in [2.75, 3.05) is 6.54 Å². The van der Waals surface area contributed by atoms with Crippen LogP contribution in [0.15, 0.2) is 24.3 Å². The molecular formula is C21H32N4O2. The van der Waals surface area contributed by atoms with E-state index in [0.29, 0.717) is 11.7 Å². The molecule has 1 aromatic carbocycles. The summed E-state index contributed by atoms with van der Waals surface area (Å²) >= 11 is 0. The standard InChI is InChI=1S/C21H32N4O2/c1-14(2)25-18-8-6-5-7-17(18)19(24-25)20(26)23-16-10-9-15(22-13-16)11-12-21(3,4)27/h5-8,14-16,22,27H,9-13H2,1-4H3,(H,23,26). The number of aliphatic hydroxyl groups is 1. The Morgan fingerprint density at radius 1 is 1.37 bits per heavy atom. The first-order valence-corrected chi connectivity index (χ1v) is 9.98. The van der Waals surface area contributed by atoms with Crippen LogP contribution in [0.5, 0.6) is 0 Å². The van der Waals surface area contributed by atoms with Crippen molar-refractivity contribution >= 4 is 16.8 Å². The molecule has 6 heteroatoms. The summed E-state index contributed by atoms with van der Waals surface area (Å²) in [5.74, 6) is -0.104. The third kappa shape index (κ3) is 4.87. The summed E-state index contributed by atoms with van der Waals surface area (Å²) in [6, 6.07) is 8.61. The molecule has 1 aliphatic rings. The Hall–Kier alpha value is -1.92. The zero-order valence-electron chi connectivity index (χ0n) is 16.8. The number of nitrogens with one attached hydrogen (secondary N) is 2. The van der Waals surface area contributed by atoms with Gasteiger partial charge in [0.25, 0.3) is 5.91 Å². The molecule has 1 fully saturated rings. The second kappa shape index (κ2) is 7.98. The highest BCUT2D eigenvalue weighted by Gasteiger charge is 2.26. The Labute approximate surface area is 161 Å². The number of aromatic nitrogens is 2. The van der Waals surface area contributed by atoms with Gasteiger partial charge in [-0.05, 0) is 59.4 Å². The number of hydrogen-bond donors (Lipinski definition) is 3. The number of hydrogen-bond acceptors (Lipinski definition) is 4. The molecule has 1 aliphatic heterocycles. The number of amides is 1. The molecule has 1 amide bonds. The van der Waals surface area contributed by atoms with Crippen molar-refractivity contribution in [3.05, 3.63) is 30.0 Å². The van der Waals surface area contributed by atoms with E-state index in [0.717, 1.165) is 43.1 Å². The monoisotopic (exact) mass is 372 g/mol. The van der Waals surface area contributed by atoms with Crippen LogP contribution in [0.25, 0.3) is 10.9 Å². The number of para-hydroxylation sites is 1. The average Bonchev–Trinajstić information content (AvgIpc) is 3.00. The van der Waals surface area contributed by atoms with E-state index in [4.69, 9.17) is 0 Å². The van der Waals surface area contributed by atoms with Crippen LogP contribution < -0.4 is 10.6 Å². The largest absolute Gasteiger partial charge is 0.390 e. The molecule has 27 heavy (non-hydrogen) atoms. The number of nitrogens with zero attached hydrogens (tertiary/aromatic N) is 2. The molecule has 1 saturated heterocycles. The number of fused-ring (bicyclic) bond motifs is 1. The maximum absolute atomic E-state index is 12.9. The minimum Gasteiger partial charge on any atom is -0.390 e. The lowest BCUT2D eigenvalue weighted by Crippen LogP contribution is -2.49. The molecule has 2 unspecified atom stereocenters. The molecule has 0 radical (unpaired) electrons. The fourth-order valence-corrected chi connectivity index (χ4v) is 3.72. The fourth-order valence-electron chi connectivity index (χ4n) is 3.72. The SMILES string of the molecule is CC(C)n1nc(C(=O)NC2CCC(CCC(C)(C)O)NC2)c2ccccc21. The van der Waals surface area contributed by atoms with Gasteiger partial charge >= 0.3 is 0 Å². The van der Waals surface area contributed by atoms with Gasteiger partial charge in [0.1, 0.15) is 0 Å². The quantitative estimate of drug-likeness (QED) is 0.728. The third-order valence-electron chi connectivity index (χ3n) is 5.27. The predicted octanol–water partition coefficient (Wildman–Crippen LogP) is 3.02. The van der Waals surface area contributed by atoms with Gasteiger partial charge in [-0.2, -0.15) is 5.10 Å². The highest BCUT2D eigenvalue weighted by atomic mass is 16.3. The molecule has 2 heterocycles. The van der Waals surface area contributed by atoms with Gasteiger partial charge in [0.15, 0.2) is 5.69 Å². The maximum Gasteiger partial charge on any atom is 0.272 e. The van der Waals surface area contributed by atoms with Crippen molar-refractivity contribution in [2.45, 2.75) is 77.1 Å². The van der Waals surface area contributed by atoms with Crippen molar-refractivity contribution in [2.24, 2.45) is 0 Å². The summed E-state index contributed by atoms with van der Waals surface area (Å²) in [4.78, 5) is 12.9. The first-order chi connectivity index (χ1) is 12.7. The van der Waals surface area contributed by atoms with E-state index in [1.54, 1.807) is 0 Å². The highest BCUT2D eigenvalue weighted by molar-refractivity contribution is 6.05. The van der Waals surface area contributed by atoms with Gasteiger partial charge in [-0.15, -0.1) is 0 Å². The average molecular weight is 373 g/mol. The Bertz CT molecular complexity index is 783. The Morgan fingerprint density at radius 3 is 2.74 bits per heavy atom. The summed E-state index contributed by atoms with van der Waals surface area (Å²) in [7, 11) is 0. The van der Waals surface area contributed by atoms with Gasteiger partial charge < -0.3 is 15.7 Å². The second-order valence-electron chi connectivity index (χ2n) is 8.61. The first-order valence-electron chi connectivity index (χ1n) is 9.98. The lowest BCUT2D eigenvalue weighted by molar-refractivity contribution is 0.0638. The minimum absolute atomic E-state index is 0.104. The van der Waals surface area contributed by atoms with Crippen molar-refractivity contribution in [1.82, 2.24) is 20.4 Å². The first kappa shape index (κ1) is 19.8. The van der Waals surface area contributed by atoms with E-state index in [2.05, 4.69) is 29.6 Å². The summed E-state index contributed by atoms with van der Waals surface area (Å²) in [5, 5.41) is 22.0. The number of carbonyl (C=O) groups excluding carboxylic acids is 1. The molecule has 0 bridgehead atoms. The van der Waals surface area contributed by atoms with Crippen molar-refractivity contribution in [3.8, 4) is 0 Å². The predicted molar refractivity (Wildman–Crippen MR) is 108 cm³/mol. The molecule has 1 aromatic heterocycles. The summed E-state index contributed by atoms with van der Waals surface area (Å²) < 4.78 is 1.91. The van der Waals surface area contributed by atoms with Gasteiger partial charge in [-0.3, -0.25) is 9.48 Å². The molecule has 148 valence electrons. The number of piperidine rings is 1. The van der Waals surface area contributed by atoms with E-state index in [1.807, 2.05) is 42.8 Å². The van der Waals surface area contributed by atoms with Crippen LogP contribution in [0.3, 0.4) is 0 Å². The molecular weight excluding hydrogens is 340 g/mol. The van der Waals surface area contributed by atoms with Crippen LogP contribution in [-0.2, 0) is 0 Å². The zero-order valence-corrected chi connectivity index (χ0v) is 16.8. The molecule has 2 aromatic rings. The molecule has 0 spiro atoms. The lowest BCUT2D eigenvalue weighted by atomic mass is 9.93. The third-order valence-corrected chi connectivity index (χ3v) is 5.27. The lowest BCUT2D eigenvalue weighted by Gasteiger charge is -2.31. The maximum atomic E-state index is 12.9.